The molecule has 5 rings (SSSR count). The van der Waals surface area contributed by atoms with E-state index in [4.69, 9.17) is 4.74 Å². The molecule has 0 saturated heterocycles. The third-order valence-corrected chi connectivity index (χ3v) is 5.69. The number of fused-ring (bicyclic) bond motifs is 1. The third kappa shape index (κ3) is 3.72. The van der Waals surface area contributed by atoms with E-state index in [0.29, 0.717) is 0 Å². The number of hydrogen-bond donors (Lipinski definition) is 1. The molecule has 3 heterocycles. The van der Waals surface area contributed by atoms with Gasteiger partial charge in [0.15, 0.2) is 0 Å². The molecular weight excluding hydrogens is 372 g/mol. The molecule has 0 unspecified atom stereocenters. The molecule has 30 heavy (non-hydrogen) atoms. The zero-order valence-corrected chi connectivity index (χ0v) is 17.0. The third-order valence-electron chi connectivity index (χ3n) is 5.69. The van der Waals surface area contributed by atoms with Crippen LogP contribution in [-0.2, 0) is 19.5 Å². The first-order valence-electron chi connectivity index (χ1n) is 10.2. The van der Waals surface area contributed by atoms with Gasteiger partial charge in [0.25, 0.3) is 0 Å². The number of hydrogen-bond acceptors (Lipinski definition) is 4. The summed E-state index contributed by atoms with van der Waals surface area (Å²) in [6, 6.07) is 23.0. The zero-order valence-electron chi connectivity index (χ0n) is 17.0. The van der Waals surface area contributed by atoms with Crippen molar-refractivity contribution >= 4 is 0 Å². The van der Waals surface area contributed by atoms with Gasteiger partial charge in [-0.05, 0) is 17.2 Å². The van der Waals surface area contributed by atoms with Crippen molar-refractivity contribution in [3.63, 3.8) is 0 Å². The first-order valence-corrected chi connectivity index (χ1v) is 10.2. The molecule has 0 spiro atoms. The van der Waals surface area contributed by atoms with Crippen LogP contribution in [0, 0.1) is 0 Å². The summed E-state index contributed by atoms with van der Waals surface area (Å²) < 4.78 is 5.33. The molecule has 2 aromatic heterocycles. The van der Waals surface area contributed by atoms with E-state index in [1.807, 2.05) is 18.2 Å². The SMILES string of the molecule is COc1ccnc(CN2CCc3[nH]nc(-c4ccc(-c5ccccc5)cc4)c3C2)c1. The number of ether oxygens (including phenoxy) is 1. The van der Waals surface area contributed by atoms with Crippen LogP contribution in [0.5, 0.6) is 5.75 Å². The molecule has 150 valence electrons. The van der Waals surface area contributed by atoms with Crippen molar-refractivity contribution < 1.29 is 4.74 Å². The van der Waals surface area contributed by atoms with Gasteiger partial charge in [0.2, 0.25) is 0 Å². The Morgan fingerprint density at radius 2 is 1.73 bits per heavy atom. The van der Waals surface area contributed by atoms with Gasteiger partial charge in [-0.3, -0.25) is 15.0 Å². The van der Waals surface area contributed by atoms with E-state index in [1.165, 1.54) is 22.4 Å². The summed E-state index contributed by atoms with van der Waals surface area (Å²) in [5.74, 6) is 0.847. The van der Waals surface area contributed by atoms with E-state index in [9.17, 15) is 0 Å². The van der Waals surface area contributed by atoms with Gasteiger partial charge in [-0.25, -0.2) is 0 Å². The van der Waals surface area contributed by atoms with Gasteiger partial charge in [-0.15, -0.1) is 0 Å². The second-order valence-electron chi connectivity index (χ2n) is 7.62. The molecule has 1 aliphatic heterocycles. The number of rotatable bonds is 5. The molecule has 0 bridgehead atoms. The molecule has 4 aromatic rings. The monoisotopic (exact) mass is 396 g/mol. The number of aromatic amines is 1. The van der Waals surface area contributed by atoms with Crippen molar-refractivity contribution in [2.45, 2.75) is 19.5 Å². The van der Waals surface area contributed by atoms with Gasteiger partial charge in [0, 0.05) is 55.1 Å². The van der Waals surface area contributed by atoms with Gasteiger partial charge in [0.05, 0.1) is 18.5 Å². The molecular formula is C25H24N4O. The van der Waals surface area contributed by atoms with Crippen LogP contribution in [0.3, 0.4) is 0 Å². The summed E-state index contributed by atoms with van der Waals surface area (Å²) in [4.78, 5) is 6.92. The quantitative estimate of drug-likeness (QED) is 0.531. The Kier molecular flexibility index (Phi) is 5.03. The Balaban J connectivity index is 1.36. The van der Waals surface area contributed by atoms with Crippen molar-refractivity contribution in [2.75, 3.05) is 13.7 Å². The number of aromatic nitrogens is 3. The van der Waals surface area contributed by atoms with E-state index >= 15 is 0 Å². The topological polar surface area (TPSA) is 54.0 Å². The molecule has 5 heteroatoms. The minimum Gasteiger partial charge on any atom is -0.497 e. The van der Waals surface area contributed by atoms with Crippen LogP contribution in [0.2, 0.25) is 0 Å². The number of nitrogens with zero attached hydrogens (tertiary/aromatic N) is 3. The number of benzene rings is 2. The highest BCUT2D eigenvalue weighted by Gasteiger charge is 2.23. The maximum atomic E-state index is 5.33. The molecule has 5 nitrogen and oxygen atoms in total. The van der Waals surface area contributed by atoms with Crippen LogP contribution in [0.4, 0.5) is 0 Å². The summed E-state index contributed by atoms with van der Waals surface area (Å²) in [5, 5.41) is 7.91. The van der Waals surface area contributed by atoms with E-state index < -0.39 is 0 Å². The smallest absolute Gasteiger partial charge is 0.122 e. The molecule has 1 N–H and O–H groups in total. The minimum absolute atomic E-state index is 0.800. The lowest BCUT2D eigenvalue weighted by molar-refractivity contribution is 0.242. The fourth-order valence-corrected chi connectivity index (χ4v) is 4.07. The van der Waals surface area contributed by atoms with Crippen LogP contribution in [-0.4, -0.2) is 33.7 Å². The Hall–Kier alpha value is -3.44. The Morgan fingerprint density at radius 3 is 2.53 bits per heavy atom. The maximum Gasteiger partial charge on any atom is 0.122 e. The molecule has 0 atom stereocenters. The van der Waals surface area contributed by atoms with Crippen LogP contribution in [0.15, 0.2) is 72.9 Å². The lowest BCUT2D eigenvalue weighted by atomic mass is 9.98. The summed E-state index contributed by atoms with van der Waals surface area (Å²) in [7, 11) is 1.69. The summed E-state index contributed by atoms with van der Waals surface area (Å²) in [5.41, 5.74) is 8.19. The van der Waals surface area contributed by atoms with E-state index in [2.05, 4.69) is 68.6 Å². The van der Waals surface area contributed by atoms with Crippen LogP contribution >= 0.6 is 0 Å². The van der Waals surface area contributed by atoms with Crippen LogP contribution < -0.4 is 4.74 Å². The predicted octanol–water partition coefficient (Wildman–Crippen LogP) is 4.71. The fraction of sp³-hybridized carbons (Fsp3) is 0.200. The van der Waals surface area contributed by atoms with Gasteiger partial charge in [-0.1, -0.05) is 54.6 Å². The van der Waals surface area contributed by atoms with Crippen molar-refractivity contribution in [1.29, 1.82) is 0 Å². The van der Waals surface area contributed by atoms with Crippen molar-refractivity contribution in [2.24, 2.45) is 0 Å². The molecule has 1 aliphatic rings. The molecule has 0 fully saturated rings. The Bertz CT molecular complexity index is 1140. The average Bonchev–Trinajstić information content (AvgIpc) is 3.23. The van der Waals surface area contributed by atoms with Gasteiger partial charge >= 0.3 is 0 Å². The highest BCUT2D eigenvalue weighted by molar-refractivity contribution is 5.70. The number of H-pyrrole nitrogens is 1. The van der Waals surface area contributed by atoms with Gasteiger partial charge in [-0.2, -0.15) is 5.10 Å². The average molecular weight is 396 g/mol. The largest absolute Gasteiger partial charge is 0.497 e. The highest BCUT2D eigenvalue weighted by Crippen LogP contribution is 2.30. The minimum atomic E-state index is 0.800. The number of nitrogens with one attached hydrogen (secondary N) is 1. The standard InChI is InChI=1S/C25H24N4O/c1-30-22-11-13-26-21(15-22)16-29-14-12-24-23(17-29)25(28-27-24)20-9-7-19(8-10-20)18-5-3-2-4-6-18/h2-11,13,15H,12,14,16-17H2,1H3,(H,27,28). The lowest BCUT2D eigenvalue weighted by Gasteiger charge is -2.26. The van der Waals surface area contributed by atoms with Crippen molar-refractivity contribution in [1.82, 2.24) is 20.1 Å². The Morgan fingerprint density at radius 1 is 0.967 bits per heavy atom. The second-order valence-corrected chi connectivity index (χ2v) is 7.62. The summed E-state index contributed by atoms with van der Waals surface area (Å²) >= 11 is 0. The van der Waals surface area contributed by atoms with Crippen LogP contribution in [0.1, 0.15) is 17.0 Å². The molecule has 2 aromatic carbocycles. The fourth-order valence-electron chi connectivity index (χ4n) is 4.07. The maximum absolute atomic E-state index is 5.33. The molecule has 0 aliphatic carbocycles. The van der Waals surface area contributed by atoms with Crippen molar-refractivity contribution in [3.05, 3.63) is 89.9 Å². The normalized spacial score (nSPS) is 13.8. The van der Waals surface area contributed by atoms with Crippen LogP contribution in [0.25, 0.3) is 22.4 Å². The summed E-state index contributed by atoms with van der Waals surface area (Å²) in [6.07, 6.45) is 2.77. The highest BCUT2D eigenvalue weighted by atomic mass is 16.5. The number of pyridine rings is 1. The molecule has 0 saturated carbocycles. The van der Waals surface area contributed by atoms with Gasteiger partial charge < -0.3 is 4.74 Å². The van der Waals surface area contributed by atoms with E-state index in [0.717, 1.165) is 48.8 Å². The van der Waals surface area contributed by atoms with Gasteiger partial charge in [0.1, 0.15) is 5.75 Å². The Labute approximate surface area is 176 Å². The zero-order chi connectivity index (χ0) is 20.3. The number of methoxy groups -OCH3 is 1. The van der Waals surface area contributed by atoms with Crippen molar-refractivity contribution in [3.8, 4) is 28.1 Å². The molecule has 0 amide bonds. The van der Waals surface area contributed by atoms with E-state index in [-0.39, 0.29) is 0 Å². The second kappa shape index (κ2) is 8.13. The predicted molar refractivity (Wildman–Crippen MR) is 118 cm³/mol. The summed E-state index contributed by atoms with van der Waals surface area (Å²) in [6.45, 7) is 2.65. The first-order chi connectivity index (χ1) is 14.8. The first kappa shape index (κ1) is 18.6. The van der Waals surface area contributed by atoms with E-state index in [1.54, 1.807) is 13.3 Å². The molecule has 0 radical (unpaired) electrons. The lowest BCUT2D eigenvalue weighted by Crippen LogP contribution is -2.30.